The van der Waals surface area contributed by atoms with Crippen molar-refractivity contribution < 1.29 is 17.9 Å². The first-order valence-electron chi connectivity index (χ1n) is 5.82. The van der Waals surface area contributed by atoms with Gasteiger partial charge in [-0.25, -0.2) is 12.8 Å². The van der Waals surface area contributed by atoms with Crippen LogP contribution in [0.25, 0.3) is 0 Å². The second kappa shape index (κ2) is 5.51. The number of anilines is 1. The summed E-state index contributed by atoms with van der Waals surface area (Å²) in [6.45, 7) is 3.22. The molecule has 0 aliphatic carbocycles. The Morgan fingerprint density at radius 2 is 2.00 bits per heavy atom. The van der Waals surface area contributed by atoms with Crippen LogP contribution in [0.4, 0.5) is 10.1 Å². The summed E-state index contributed by atoms with van der Waals surface area (Å²) in [5, 5.41) is 9.10. The van der Waals surface area contributed by atoms with Gasteiger partial charge in [-0.05, 0) is 43.2 Å². The molecule has 0 radical (unpaired) electrons. The summed E-state index contributed by atoms with van der Waals surface area (Å²) in [4.78, 5) is 0.578. The van der Waals surface area contributed by atoms with E-state index in [1.165, 1.54) is 18.2 Å². The fraction of sp³-hybridized carbons (Fsp3) is 0.231. The van der Waals surface area contributed by atoms with E-state index in [1.807, 2.05) is 0 Å². The van der Waals surface area contributed by atoms with Crippen LogP contribution in [0.1, 0.15) is 16.0 Å². The molecule has 0 saturated carbocycles. The van der Waals surface area contributed by atoms with Gasteiger partial charge in [0.25, 0.3) is 10.0 Å². The summed E-state index contributed by atoms with van der Waals surface area (Å²) in [6.07, 6.45) is 0. The molecule has 2 rings (SSSR count). The number of thiophene rings is 1. The third-order valence-corrected chi connectivity index (χ3v) is 5.84. The molecule has 0 spiro atoms. The lowest BCUT2D eigenvalue weighted by Gasteiger charge is -2.07. The number of aliphatic hydroxyl groups is 1. The number of rotatable bonds is 4. The van der Waals surface area contributed by atoms with Crippen LogP contribution in [0, 0.1) is 19.7 Å². The summed E-state index contributed by atoms with van der Waals surface area (Å²) >= 11 is 0.972. The molecule has 0 fully saturated rings. The van der Waals surface area contributed by atoms with Gasteiger partial charge in [0, 0.05) is 4.88 Å². The lowest BCUT2D eigenvalue weighted by Crippen LogP contribution is -2.12. The molecule has 7 heteroatoms. The number of sulfonamides is 1. The first-order chi connectivity index (χ1) is 9.33. The number of aliphatic hydroxyl groups excluding tert-OH is 1. The minimum atomic E-state index is -3.84. The van der Waals surface area contributed by atoms with Crippen molar-refractivity contribution in [2.45, 2.75) is 24.7 Å². The van der Waals surface area contributed by atoms with Crippen LogP contribution in [-0.4, -0.2) is 13.5 Å². The Bertz CT molecular complexity index is 738. The molecule has 1 heterocycles. The van der Waals surface area contributed by atoms with Crippen molar-refractivity contribution >= 4 is 27.0 Å². The van der Waals surface area contributed by atoms with Gasteiger partial charge >= 0.3 is 0 Å². The quantitative estimate of drug-likeness (QED) is 0.912. The number of aryl methyl sites for hydroxylation is 2. The molecule has 0 aliphatic heterocycles. The zero-order valence-corrected chi connectivity index (χ0v) is 12.6. The van der Waals surface area contributed by atoms with E-state index in [2.05, 4.69) is 4.72 Å². The van der Waals surface area contributed by atoms with Crippen molar-refractivity contribution in [1.29, 1.82) is 0 Å². The highest BCUT2D eigenvalue weighted by Gasteiger charge is 2.20. The summed E-state index contributed by atoms with van der Waals surface area (Å²) < 4.78 is 40.3. The first kappa shape index (κ1) is 15.0. The largest absolute Gasteiger partial charge is 0.391 e. The Hall–Kier alpha value is -1.44. The standard InChI is InChI=1S/C13H14FNO3S2/c1-8-3-4-11(10(14)5-8)15-20(17,18)13-6-9(2)12(7-16)19-13/h3-6,15-16H,7H2,1-2H3. The average Bonchev–Trinajstić information content (AvgIpc) is 2.75. The van der Waals surface area contributed by atoms with Crippen molar-refractivity contribution in [2.75, 3.05) is 4.72 Å². The molecule has 0 aliphatic rings. The molecule has 0 amide bonds. The van der Waals surface area contributed by atoms with Gasteiger partial charge in [0.05, 0.1) is 12.3 Å². The van der Waals surface area contributed by atoms with E-state index < -0.39 is 15.8 Å². The van der Waals surface area contributed by atoms with Gasteiger partial charge in [0.15, 0.2) is 0 Å². The minimum Gasteiger partial charge on any atom is -0.391 e. The average molecular weight is 315 g/mol. The van der Waals surface area contributed by atoms with E-state index in [1.54, 1.807) is 19.9 Å². The molecule has 1 aromatic heterocycles. The second-order valence-electron chi connectivity index (χ2n) is 4.42. The van der Waals surface area contributed by atoms with Gasteiger partial charge in [-0.3, -0.25) is 4.72 Å². The third kappa shape index (κ3) is 3.00. The predicted octanol–water partition coefficient (Wildman–Crippen LogP) is 2.80. The van der Waals surface area contributed by atoms with Crippen molar-refractivity contribution in [3.63, 3.8) is 0 Å². The molecule has 2 aromatic rings. The van der Waals surface area contributed by atoms with Gasteiger partial charge in [0.1, 0.15) is 10.0 Å². The van der Waals surface area contributed by atoms with Crippen LogP contribution >= 0.6 is 11.3 Å². The van der Waals surface area contributed by atoms with Crippen LogP contribution < -0.4 is 4.72 Å². The van der Waals surface area contributed by atoms with Crippen molar-refractivity contribution in [2.24, 2.45) is 0 Å². The normalized spacial score (nSPS) is 11.6. The molecule has 0 unspecified atom stereocenters. The first-order valence-corrected chi connectivity index (χ1v) is 8.12. The fourth-order valence-corrected chi connectivity index (χ4v) is 4.19. The number of halogens is 1. The third-order valence-electron chi connectivity index (χ3n) is 2.78. The lowest BCUT2D eigenvalue weighted by molar-refractivity contribution is 0.285. The fourth-order valence-electron chi connectivity index (χ4n) is 1.68. The van der Waals surface area contributed by atoms with Crippen molar-refractivity contribution in [3.05, 3.63) is 46.1 Å². The molecule has 20 heavy (non-hydrogen) atoms. The molecule has 0 atom stereocenters. The molecule has 0 bridgehead atoms. The minimum absolute atomic E-state index is 0.0547. The van der Waals surface area contributed by atoms with E-state index in [9.17, 15) is 12.8 Å². The molecule has 2 N–H and O–H groups in total. The Balaban J connectivity index is 2.35. The van der Waals surface area contributed by atoms with Crippen molar-refractivity contribution in [3.8, 4) is 0 Å². The number of nitrogens with one attached hydrogen (secondary N) is 1. The van der Waals surface area contributed by atoms with Gasteiger partial charge < -0.3 is 5.11 Å². The highest BCUT2D eigenvalue weighted by molar-refractivity contribution is 7.94. The number of hydrogen-bond acceptors (Lipinski definition) is 4. The maximum Gasteiger partial charge on any atom is 0.271 e. The van der Waals surface area contributed by atoms with E-state index in [-0.39, 0.29) is 16.5 Å². The van der Waals surface area contributed by atoms with Crippen LogP contribution in [0.2, 0.25) is 0 Å². The Morgan fingerprint density at radius 1 is 1.30 bits per heavy atom. The lowest BCUT2D eigenvalue weighted by atomic mass is 10.2. The number of hydrogen-bond donors (Lipinski definition) is 2. The Morgan fingerprint density at radius 3 is 2.55 bits per heavy atom. The smallest absolute Gasteiger partial charge is 0.271 e. The highest BCUT2D eigenvalue weighted by atomic mass is 32.2. The number of benzene rings is 1. The molecule has 1 aromatic carbocycles. The molecular formula is C13H14FNO3S2. The Kier molecular flexibility index (Phi) is 4.12. The Labute approximate surface area is 120 Å². The van der Waals surface area contributed by atoms with E-state index in [0.29, 0.717) is 16.0 Å². The van der Waals surface area contributed by atoms with Crippen LogP contribution in [0.5, 0.6) is 0 Å². The molecular weight excluding hydrogens is 301 g/mol. The maximum atomic E-state index is 13.7. The molecule has 4 nitrogen and oxygen atoms in total. The maximum absolute atomic E-state index is 13.7. The zero-order chi connectivity index (χ0) is 14.9. The summed E-state index contributed by atoms with van der Waals surface area (Å²) in [5.41, 5.74) is 1.31. The van der Waals surface area contributed by atoms with Gasteiger partial charge in [0.2, 0.25) is 0 Å². The van der Waals surface area contributed by atoms with Gasteiger partial charge in [-0.15, -0.1) is 11.3 Å². The predicted molar refractivity (Wildman–Crippen MR) is 76.9 cm³/mol. The van der Waals surface area contributed by atoms with Crippen LogP contribution in [0.15, 0.2) is 28.5 Å². The molecule has 0 saturated heterocycles. The summed E-state index contributed by atoms with van der Waals surface area (Å²) in [7, 11) is -3.84. The van der Waals surface area contributed by atoms with Crippen molar-refractivity contribution in [1.82, 2.24) is 0 Å². The van der Waals surface area contributed by atoms with E-state index >= 15 is 0 Å². The zero-order valence-electron chi connectivity index (χ0n) is 11.0. The monoisotopic (exact) mass is 315 g/mol. The summed E-state index contributed by atoms with van der Waals surface area (Å²) in [6, 6.07) is 5.73. The topological polar surface area (TPSA) is 66.4 Å². The highest BCUT2D eigenvalue weighted by Crippen LogP contribution is 2.28. The van der Waals surface area contributed by atoms with Gasteiger partial charge in [-0.1, -0.05) is 6.07 Å². The van der Waals surface area contributed by atoms with E-state index in [4.69, 9.17) is 5.11 Å². The van der Waals surface area contributed by atoms with E-state index in [0.717, 1.165) is 11.3 Å². The van der Waals surface area contributed by atoms with Gasteiger partial charge in [-0.2, -0.15) is 0 Å². The molecule has 108 valence electrons. The van der Waals surface area contributed by atoms with Crippen LogP contribution in [0.3, 0.4) is 0 Å². The SMILES string of the molecule is Cc1ccc(NS(=O)(=O)c2cc(C)c(CO)s2)c(F)c1. The second-order valence-corrected chi connectivity index (χ2v) is 7.46. The summed E-state index contributed by atoms with van der Waals surface area (Å²) in [5.74, 6) is -0.621. The van der Waals surface area contributed by atoms with Crippen LogP contribution in [-0.2, 0) is 16.6 Å².